The van der Waals surface area contributed by atoms with Crippen molar-refractivity contribution in [2.75, 3.05) is 19.0 Å². The van der Waals surface area contributed by atoms with Gasteiger partial charge in [0.15, 0.2) is 11.5 Å². The Morgan fingerprint density at radius 1 is 1.17 bits per heavy atom. The molecule has 0 radical (unpaired) electrons. The van der Waals surface area contributed by atoms with E-state index in [0.29, 0.717) is 34.9 Å². The molecule has 0 unspecified atom stereocenters. The van der Waals surface area contributed by atoms with Crippen LogP contribution >= 0.6 is 0 Å². The number of ether oxygens (including phenoxy) is 2. The lowest BCUT2D eigenvalue weighted by molar-refractivity contribution is 0.102. The molecule has 0 aliphatic carbocycles. The van der Waals surface area contributed by atoms with E-state index in [0.717, 1.165) is 12.8 Å². The van der Waals surface area contributed by atoms with Crippen molar-refractivity contribution in [3.63, 3.8) is 0 Å². The highest BCUT2D eigenvalue weighted by molar-refractivity contribution is 6.05. The zero-order valence-corrected chi connectivity index (χ0v) is 14.2. The number of aryl methyl sites for hydroxylation is 1. The van der Waals surface area contributed by atoms with Crippen LogP contribution in [0, 0.1) is 12.7 Å². The van der Waals surface area contributed by atoms with Crippen LogP contribution in [0.1, 0.15) is 35.7 Å². The number of methoxy groups -OCH3 is 1. The minimum Gasteiger partial charge on any atom is -0.493 e. The van der Waals surface area contributed by atoms with E-state index in [2.05, 4.69) is 12.2 Å². The maximum absolute atomic E-state index is 13.1. The molecule has 0 aromatic heterocycles. The van der Waals surface area contributed by atoms with Gasteiger partial charge in [-0.05, 0) is 55.3 Å². The van der Waals surface area contributed by atoms with Gasteiger partial charge in [-0.15, -0.1) is 0 Å². The first-order valence-corrected chi connectivity index (χ1v) is 7.93. The highest BCUT2D eigenvalue weighted by atomic mass is 19.1. The molecular formula is C19H22FNO3. The van der Waals surface area contributed by atoms with E-state index in [1.165, 1.54) is 19.2 Å². The molecule has 1 amide bonds. The highest BCUT2D eigenvalue weighted by Crippen LogP contribution is 2.29. The van der Waals surface area contributed by atoms with E-state index in [1.807, 2.05) is 0 Å². The lowest BCUT2D eigenvalue weighted by Crippen LogP contribution is -2.13. The smallest absolute Gasteiger partial charge is 0.255 e. The minimum absolute atomic E-state index is 0.289. The SMILES string of the molecule is CCCCOc1ccc(C(=O)Nc2ccc(F)cc2C)cc1OC. The number of unbranched alkanes of at least 4 members (excludes halogenated alkanes) is 1. The molecule has 0 heterocycles. The molecule has 2 aromatic rings. The van der Waals surface area contributed by atoms with Crippen LogP contribution in [0.15, 0.2) is 36.4 Å². The Morgan fingerprint density at radius 3 is 2.62 bits per heavy atom. The molecular weight excluding hydrogens is 309 g/mol. The number of halogens is 1. The van der Waals surface area contributed by atoms with Gasteiger partial charge in [0.05, 0.1) is 13.7 Å². The standard InChI is InChI=1S/C19H22FNO3/c1-4-5-10-24-17-9-6-14(12-18(17)23-3)19(22)21-16-8-7-15(20)11-13(16)2/h6-9,11-12H,4-5,10H2,1-3H3,(H,21,22). The third kappa shape index (κ3) is 4.47. The molecule has 0 bridgehead atoms. The molecule has 24 heavy (non-hydrogen) atoms. The van der Waals surface area contributed by atoms with Crippen LogP contribution in [-0.4, -0.2) is 19.6 Å². The fraction of sp³-hybridized carbons (Fsp3) is 0.316. The topological polar surface area (TPSA) is 47.6 Å². The molecule has 2 rings (SSSR count). The summed E-state index contributed by atoms with van der Waals surface area (Å²) < 4.78 is 24.1. The fourth-order valence-electron chi connectivity index (χ4n) is 2.22. The van der Waals surface area contributed by atoms with E-state index >= 15 is 0 Å². The second-order valence-corrected chi connectivity index (χ2v) is 5.48. The molecule has 0 saturated carbocycles. The van der Waals surface area contributed by atoms with Crippen molar-refractivity contribution < 1.29 is 18.7 Å². The number of benzene rings is 2. The summed E-state index contributed by atoms with van der Waals surface area (Å²) in [7, 11) is 1.54. The normalized spacial score (nSPS) is 10.3. The molecule has 0 saturated heterocycles. The van der Waals surface area contributed by atoms with Crippen LogP contribution in [0.5, 0.6) is 11.5 Å². The summed E-state index contributed by atoms with van der Waals surface area (Å²) in [5.41, 5.74) is 1.68. The monoisotopic (exact) mass is 331 g/mol. The van der Waals surface area contributed by atoms with Gasteiger partial charge >= 0.3 is 0 Å². The molecule has 2 aromatic carbocycles. The zero-order valence-electron chi connectivity index (χ0n) is 14.2. The van der Waals surface area contributed by atoms with Crippen LogP contribution in [0.4, 0.5) is 10.1 Å². The number of anilines is 1. The zero-order chi connectivity index (χ0) is 17.5. The number of rotatable bonds is 7. The van der Waals surface area contributed by atoms with Crippen molar-refractivity contribution in [3.05, 3.63) is 53.3 Å². The van der Waals surface area contributed by atoms with Crippen LogP contribution < -0.4 is 14.8 Å². The molecule has 0 atom stereocenters. The summed E-state index contributed by atoms with van der Waals surface area (Å²) in [5, 5.41) is 2.77. The van der Waals surface area contributed by atoms with Gasteiger partial charge in [0.25, 0.3) is 5.91 Å². The number of amides is 1. The first-order chi connectivity index (χ1) is 11.5. The molecule has 4 nitrogen and oxygen atoms in total. The van der Waals surface area contributed by atoms with Crippen LogP contribution in [0.3, 0.4) is 0 Å². The number of nitrogens with one attached hydrogen (secondary N) is 1. The average molecular weight is 331 g/mol. The fourth-order valence-corrected chi connectivity index (χ4v) is 2.22. The third-order valence-electron chi connectivity index (χ3n) is 3.62. The van der Waals surface area contributed by atoms with Gasteiger partial charge in [0.2, 0.25) is 0 Å². The predicted molar refractivity (Wildman–Crippen MR) is 92.5 cm³/mol. The van der Waals surface area contributed by atoms with E-state index in [1.54, 1.807) is 31.2 Å². The van der Waals surface area contributed by atoms with Crippen molar-refractivity contribution in [3.8, 4) is 11.5 Å². The van der Waals surface area contributed by atoms with Crippen molar-refractivity contribution in [2.24, 2.45) is 0 Å². The van der Waals surface area contributed by atoms with Crippen LogP contribution in [0.2, 0.25) is 0 Å². The van der Waals surface area contributed by atoms with E-state index < -0.39 is 0 Å². The van der Waals surface area contributed by atoms with Gasteiger partial charge in [-0.1, -0.05) is 13.3 Å². The predicted octanol–water partition coefficient (Wildman–Crippen LogP) is 4.57. The van der Waals surface area contributed by atoms with E-state index in [9.17, 15) is 9.18 Å². The van der Waals surface area contributed by atoms with Crippen molar-refractivity contribution in [2.45, 2.75) is 26.7 Å². The Labute approximate surface area is 141 Å². The van der Waals surface area contributed by atoms with E-state index in [-0.39, 0.29) is 11.7 Å². The summed E-state index contributed by atoms with van der Waals surface area (Å²) in [6.07, 6.45) is 2.00. The Hall–Kier alpha value is -2.56. The molecule has 0 spiro atoms. The second-order valence-electron chi connectivity index (χ2n) is 5.48. The Bertz CT molecular complexity index is 716. The first kappa shape index (κ1) is 17.8. The lowest BCUT2D eigenvalue weighted by atomic mass is 10.1. The molecule has 1 N–H and O–H groups in total. The van der Waals surface area contributed by atoms with Crippen molar-refractivity contribution in [1.82, 2.24) is 0 Å². The van der Waals surface area contributed by atoms with Gasteiger partial charge in [-0.3, -0.25) is 4.79 Å². The van der Waals surface area contributed by atoms with Crippen LogP contribution in [0.25, 0.3) is 0 Å². The molecule has 128 valence electrons. The Morgan fingerprint density at radius 2 is 1.96 bits per heavy atom. The highest BCUT2D eigenvalue weighted by Gasteiger charge is 2.12. The Balaban J connectivity index is 2.14. The van der Waals surface area contributed by atoms with Gasteiger partial charge in [-0.2, -0.15) is 0 Å². The summed E-state index contributed by atoms with van der Waals surface area (Å²) in [5.74, 6) is 0.499. The molecule has 0 aliphatic rings. The third-order valence-corrected chi connectivity index (χ3v) is 3.62. The number of carbonyl (C=O) groups is 1. The minimum atomic E-state index is -0.333. The largest absolute Gasteiger partial charge is 0.493 e. The van der Waals surface area contributed by atoms with E-state index in [4.69, 9.17) is 9.47 Å². The number of carbonyl (C=O) groups excluding carboxylic acids is 1. The van der Waals surface area contributed by atoms with Crippen LogP contribution in [-0.2, 0) is 0 Å². The first-order valence-electron chi connectivity index (χ1n) is 7.93. The lowest BCUT2D eigenvalue weighted by Gasteiger charge is -2.13. The molecule has 0 fully saturated rings. The summed E-state index contributed by atoms with van der Waals surface area (Å²) >= 11 is 0. The Kier molecular flexibility index (Phi) is 6.18. The van der Waals surface area contributed by atoms with Gasteiger partial charge in [-0.25, -0.2) is 4.39 Å². The molecule has 0 aliphatic heterocycles. The number of hydrogen-bond donors (Lipinski definition) is 1. The summed E-state index contributed by atoms with van der Waals surface area (Å²) in [6.45, 7) is 4.43. The van der Waals surface area contributed by atoms with Gasteiger partial charge in [0.1, 0.15) is 5.82 Å². The summed E-state index contributed by atoms with van der Waals surface area (Å²) in [4.78, 5) is 12.4. The number of hydrogen-bond acceptors (Lipinski definition) is 3. The summed E-state index contributed by atoms with van der Waals surface area (Å²) in [6, 6.07) is 9.27. The maximum Gasteiger partial charge on any atom is 0.255 e. The van der Waals surface area contributed by atoms with Gasteiger partial charge in [0, 0.05) is 11.3 Å². The van der Waals surface area contributed by atoms with Crippen molar-refractivity contribution in [1.29, 1.82) is 0 Å². The quantitative estimate of drug-likeness (QED) is 0.756. The molecule has 5 heteroatoms. The second kappa shape index (κ2) is 8.34. The van der Waals surface area contributed by atoms with Crippen molar-refractivity contribution >= 4 is 11.6 Å². The average Bonchev–Trinajstić information content (AvgIpc) is 2.57. The van der Waals surface area contributed by atoms with Gasteiger partial charge < -0.3 is 14.8 Å². The maximum atomic E-state index is 13.1.